The van der Waals surface area contributed by atoms with Crippen LogP contribution >= 0.6 is 0 Å². The summed E-state index contributed by atoms with van der Waals surface area (Å²) in [6.07, 6.45) is 3.95. The lowest BCUT2D eigenvalue weighted by atomic mass is 10.1. The molecule has 1 aromatic carbocycles. The van der Waals surface area contributed by atoms with Gasteiger partial charge in [-0.3, -0.25) is 9.48 Å². The van der Waals surface area contributed by atoms with Crippen LogP contribution in [0.25, 0.3) is 0 Å². The van der Waals surface area contributed by atoms with Crippen molar-refractivity contribution in [2.45, 2.75) is 51.0 Å². The molecule has 1 aliphatic rings. The summed E-state index contributed by atoms with van der Waals surface area (Å²) in [5.41, 5.74) is 2.68. The number of sulfonamides is 1. The standard InChI is InChI=1S/C22H32N4O4S/c1-17-21(31(28,29)25-13-6-4-5-7-14-25)18(2)26(24-17)16-19-8-10-20(11-9-19)22(27)23-12-15-30-3/h8-11H,4-7,12-16H2,1-3H3,(H,23,27). The van der Waals surface area contributed by atoms with Gasteiger partial charge in [0.15, 0.2) is 0 Å². The molecule has 0 spiro atoms. The number of aromatic nitrogens is 2. The van der Waals surface area contributed by atoms with Crippen LogP contribution in [0, 0.1) is 13.8 Å². The number of carbonyl (C=O) groups is 1. The minimum Gasteiger partial charge on any atom is -0.383 e. The van der Waals surface area contributed by atoms with Crippen LogP contribution in [0.2, 0.25) is 0 Å². The Kier molecular flexibility index (Phi) is 7.85. The zero-order valence-corrected chi connectivity index (χ0v) is 19.4. The molecule has 1 amide bonds. The molecule has 1 aromatic heterocycles. The van der Waals surface area contributed by atoms with Gasteiger partial charge >= 0.3 is 0 Å². The highest BCUT2D eigenvalue weighted by atomic mass is 32.2. The predicted molar refractivity (Wildman–Crippen MR) is 119 cm³/mol. The van der Waals surface area contributed by atoms with E-state index in [1.165, 1.54) is 0 Å². The molecule has 0 radical (unpaired) electrons. The van der Waals surface area contributed by atoms with E-state index in [-0.39, 0.29) is 5.91 Å². The van der Waals surface area contributed by atoms with Crippen molar-refractivity contribution in [3.63, 3.8) is 0 Å². The van der Waals surface area contributed by atoms with Crippen LogP contribution < -0.4 is 5.32 Å². The van der Waals surface area contributed by atoms with Gasteiger partial charge in [0.1, 0.15) is 4.90 Å². The second kappa shape index (κ2) is 10.4. The highest BCUT2D eigenvalue weighted by Crippen LogP contribution is 2.26. The van der Waals surface area contributed by atoms with Gasteiger partial charge in [-0.05, 0) is 44.4 Å². The van der Waals surface area contributed by atoms with Crippen LogP contribution in [0.3, 0.4) is 0 Å². The monoisotopic (exact) mass is 448 g/mol. The lowest BCUT2D eigenvalue weighted by Crippen LogP contribution is -2.32. The molecule has 2 aromatic rings. The second-order valence-electron chi connectivity index (χ2n) is 7.92. The molecular weight excluding hydrogens is 416 g/mol. The Bertz CT molecular complexity index is 991. The van der Waals surface area contributed by atoms with E-state index in [1.807, 2.05) is 19.1 Å². The molecule has 0 unspecified atom stereocenters. The van der Waals surface area contributed by atoms with Crippen LogP contribution in [0.4, 0.5) is 0 Å². The van der Waals surface area contributed by atoms with Gasteiger partial charge in [0.05, 0.1) is 24.5 Å². The van der Waals surface area contributed by atoms with E-state index in [0.29, 0.717) is 54.6 Å². The summed E-state index contributed by atoms with van der Waals surface area (Å²) >= 11 is 0. The van der Waals surface area contributed by atoms with Gasteiger partial charge in [-0.2, -0.15) is 9.40 Å². The molecule has 9 heteroatoms. The molecule has 0 atom stereocenters. The summed E-state index contributed by atoms with van der Waals surface area (Å²) in [7, 11) is -1.97. The molecule has 31 heavy (non-hydrogen) atoms. The molecule has 0 bridgehead atoms. The van der Waals surface area contributed by atoms with Crippen molar-refractivity contribution >= 4 is 15.9 Å². The van der Waals surface area contributed by atoms with Crippen LogP contribution in [-0.2, 0) is 21.3 Å². The topological polar surface area (TPSA) is 93.5 Å². The van der Waals surface area contributed by atoms with Crippen molar-refractivity contribution in [1.29, 1.82) is 0 Å². The fourth-order valence-electron chi connectivity index (χ4n) is 3.92. The minimum atomic E-state index is -3.56. The maximum Gasteiger partial charge on any atom is 0.251 e. The molecule has 1 aliphatic heterocycles. The third-order valence-electron chi connectivity index (χ3n) is 5.62. The SMILES string of the molecule is COCCNC(=O)c1ccc(Cn2nc(C)c(S(=O)(=O)N3CCCCCC3)c2C)cc1. The number of nitrogens with one attached hydrogen (secondary N) is 1. The van der Waals surface area contributed by atoms with Crippen molar-refractivity contribution in [1.82, 2.24) is 19.4 Å². The van der Waals surface area contributed by atoms with Crippen LogP contribution in [0.1, 0.15) is 53.0 Å². The fraction of sp³-hybridized carbons (Fsp3) is 0.545. The first-order chi connectivity index (χ1) is 14.8. The summed E-state index contributed by atoms with van der Waals surface area (Å²) in [6, 6.07) is 7.26. The summed E-state index contributed by atoms with van der Waals surface area (Å²) in [5, 5.41) is 7.30. The fourth-order valence-corrected chi connectivity index (χ4v) is 5.81. The Morgan fingerprint density at radius 1 is 1.10 bits per heavy atom. The van der Waals surface area contributed by atoms with Crippen molar-refractivity contribution in [3.8, 4) is 0 Å². The highest BCUT2D eigenvalue weighted by Gasteiger charge is 2.31. The molecule has 1 fully saturated rings. The molecule has 170 valence electrons. The van der Waals surface area contributed by atoms with E-state index in [9.17, 15) is 13.2 Å². The average molecular weight is 449 g/mol. The van der Waals surface area contributed by atoms with Crippen LogP contribution in [-0.4, -0.2) is 61.8 Å². The van der Waals surface area contributed by atoms with E-state index < -0.39 is 10.0 Å². The van der Waals surface area contributed by atoms with Gasteiger partial charge < -0.3 is 10.1 Å². The van der Waals surface area contributed by atoms with E-state index >= 15 is 0 Å². The van der Waals surface area contributed by atoms with E-state index in [4.69, 9.17) is 4.74 Å². The number of hydrogen-bond acceptors (Lipinski definition) is 5. The van der Waals surface area contributed by atoms with E-state index in [2.05, 4.69) is 10.4 Å². The van der Waals surface area contributed by atoms with Gasteiger partial charge in [-0.25, -0.2) is 8.42 Å². The van der Waals surface area contributed by atoms with Gasteiger partial charge in [0.25, 0.3) is 5.91 Å². The second-order valence-corrected chi connectivity index (χ2v) is 9.80. The number of ether oxygens (including phenoxy) is 1. The number of aryl methyl sites for hydroxylation is 1. The third kappa shape index (κ3) is 5.53. The summed E-state index contributed by atoms with van der Waals surface area (Å²) in [6.45, 7) is 6.06. The van der Waals surface area contributed by atoms with Gasteiger partial charge in [0, 0.05) is 32.3 Å². The lowest BCUT2D eigenvalue weighted by Gasteiger charge is -2.20. The quantitative estimate of drug-likeness (QED) is 0.626. The van der Waals surface area contributed by atoms with Crippen molar-refractivity contribution in [2.24, 2.45) is 0 Å². The van der Waals surface area contributed by atoms with Crippen molar-refractivity contribution in [3.05, 3.63) is 46.8 Å². The van der Waals surface area contributed by atoms with E-state index in [0.717, 1.165) is 31.2 Å². The van der Waals surface area contributed by atoms with Crippen molar-refractivity contribution in [2.75, 3.05) is 33.4 Å². The number of carbonyl (C=O) groups excluding carboxylic acids is 1. The molecular formula is C22H32N4O4S. The molecule has 3 rings (SSSR count). The Morgan fingerprint density at radius 3 is 2.35 bits per heavy atom. The third-order valence-corrected chi connectivity index (χ3v) is 7.77. The van der Waals surface area contributed by atoms with Crippen LogP contribution in [0.5, 0.6) is 0 Å². The maximum absolute atomic E-state index is 13.3. The molecule has 1 saturated heterocycles. The predicted octanol–water partition coefficient (Wildman–Crippen LogP) is 2.49. The van der Waals surface area contributed by atoms with Crippen LogP contribution in [0.15, 0.2) is 29.2 Å². The maximum atomic E-state index is 13.3. The molecule has 2 heterocycles. The summed E-state index contributed by atoms with van der Waals surface area (Å²) in [4.78, 5) is 12.4. The molecule has 8 nitrogen and oxygen atoms in total. The highest BCUT2D eigenvalue weighted by molar-refractivity contribution is 7.89. The van der Waals surface area contributed by atoms with Crippen molar-refractivity contribution < 1.29 is 17.9 Å². The molecule has 0 saturated carbocycles. The van der Waals surface area contributed by atoms with Gasteiger partial charge in [0.2, 0.25) is 10.0 Å². The number of methoxy groups -OCH3 is 1. The molecule has 1 N–H and O–H groups in total. The van der Waals surface area contributed by atoms with E-state index in [1.54, 1.807) is 35.2 Å². The zero-order valence-electron chi connectivity index (χ0n) is 18.6. The number of amides is 1. The molecule has 0 aliphatic carbocycles. The summed E-state index contributed by atoms with van der Waals surface area (Å²) in [5.74, 6) is -0.152. The number of rotatable bonds is 8. The number of nitrogens with zero attached hydrogens (tertiary/aromatic N) is 3. The largest absolute Gasteiger partial charge is 0.383 e. The summed E-state index contributed by atoms with van der Waals surface area (Å²) < 4.78 is 34.9. The first-order valence-electron chi connectivity index (χ1n) is 10.7. The number of benzene rings is 1. The Morgan fingerprint density at radius 2 is 1.74 bits per heavy atom. The zero-order chi connectivity index (χ0) is 22.4. The Hall–Kier alpha value is -2.23. The smallest absolute Gasteiger partial charge is 0.251 e. The van der Waals surface area contributed by atoms with Gasteiger partial charge in [-0.1, -0.05) is 25.0 Å². The minimum absolute atomic E-state index is 0.152. The number of hydrogen-bond donors (Lipinski definition) is 1. The normalized spacial score (nSPS) is 15.6. The Balaban J connectivity index is 1.75. The van der Waals surface area contributed by atoms with Gasteiger partial charge in [-0.15, -0.1) is 0 Å². The lowest BCUT2D eigenvalue weighted by molar-refractivity contribution is 0.0937. The Labute approximate surface area is 184 Å². The first-order valence-corrected chi connectivity index (χ1v) is 12.2. The first kappa shape index (κ1) is 23.4. The average Bonchev–Trinajstić information content (AvgIpc) is 2.93.